The Morgan fingerprint density at radius 2 is 2.14 bits per heavy atom. The van der Waals surface area contributed by atoms with E-state index in [1.165, 1.54) is 11.3 Å². The van der Waals surface area contributed by atoms with Crippen LogP contribution in [0.2, 0.25) is 0 Å². The summed E-state index contributed by atoms with van der Waals surface area (Å²) in [6, 6.07) is 5.32. The number of benzene rings is 1. The maximum Gasteiger partial charge on any atom is 0.240 e. The molecule has 22 heavy (non-hydrogen) atoms. The first kappa shape index (κ1) is 15.1. The molecule has 0 amide bonds. The Bertz CT molecular complexity index is 912. The summed E-state index contributed by atoms with van der Waals surface area (Å²) in [5, 5.41) is 9.76. The van der Waals surface area contributed by atoms with E-state index in [4.69, 9.17) is 0 Å². The van der Waals surface area contributed by atoms with Gasteiger partial charge in [-0.15, -0.1) is 21.5 Å². The molecule has 1 aromatic carbocycles. The van der Waals surface area contributed by atoms with Gasteiger partial charge in [0.15, 0.2) is 0 Å². The van der Waals surface area contributed by atoms with Crippen LogP contribution in [0, 0.1) is 13.8 Å². The van der Waals surface area contributed by atoms with Gasteiger partial charge in [-0.1, -0.05) is 17.7 Å². The second-order valence-electron chi connectivity index (χ2n) is 5.13. The molecule has 0 aliphatic carbocycles. The van der Waals surface area contributed by atoms with Crippen LogP contribution in [-0.2, 0) is 16.4 Å². The number of hydrogen-bond donors (Lipinski definition) is 1. The number of aromatic nitrogens is 3. The minimum absolute atomic E-state index is 0.331. The Labute approximate surface area is 132 Å². The third kappa shape index (κ3) is 2.90. The monoisotopic (exact) mass is 336 g/mol. The summed E-state index contributed by atoms with van der Waals surface area (Å²) in [7, 11) is -3.49. The van der Waals surface area contributed by atoms with E-state index in [0.29, 0.717) is 17.9 Å². The van der Waals surface area contributed by atoms with Crippen LogP contribution in [-0.4, -0.2) is 29.6 Å². The fourth-order valence-corrected chi connectivity index (χ4v) is 4.45. The quantitative estimate of drug-likeness (QED) is 0.772. The van der Waals surface area contributed by atoms with E-state index in [2.05, 4.69) is 14.9 Å². The molecule has 116 valence electrons. The van der Waals surface area contributed by atoms with Crippen molar-refractivity contribution in [3.05, 3.63) is 46.7 Å². The van der Waals surface area contributed by atoms with Crippen LogP contribution >= 0.6 is 11.3 Å². The number of aryl methyl sites for hydroxylation is 2. The van der Waals surface area contributed by atoms with Gasteiger partial charge in [0.2, 0.25) is 15.0 Å². The van der Waals surface area contributed by atoms with Crippen molar-refractivity contribution < 1.29 is 8.42 Å². The molecule has 0 saturated heterocycles. The van der Waals surface area contributed by atoms with Gasteiger partial charge in [-0.3, -0.25) is 4.40 Å². The zero-order chi connectivity index (χ0) is 15.7. The molecule has 8 heteroatoms. The van der Waals surface area contributed by atoms with E-state index in [-0.39, 0.29) is 0 Å². The SMILES string of the molecule is Cc1ccc(S(=O)(=O)NCCc2csc3nncn23)c(C)c1. The van der Waals surface area contributed by atoms with Crippen LogP contribution < -0.4 is 4.72 Å². The normalized spacial score (nSPS) is 12.1. The fraction of sp³-hybridized carbons (Fsp3) is 0.286. The summed E-state index contributed by atoms with van der Waals surface area (Å²) < 4.78 is 29.3. The predicted molar refractivity (Wildman–Crippen MR) is 85.7 cm³/mol. The van der Waals surface area contributed by atoms with Crippen LogP contribution in [0.3, 0.4) is 0 Å². The lowest BCUT2D eigenvalue weighted by Gasteiger charge is -2.09. The molecule has 0 aliphatic heterocycles. The maximum atomic E-state index is 12.4. The number of sulfonamides is 1. The van der Waals surface area contributed by atoms with Crippen molar-refractivity contribution in [2.45, 2.75) is 25.2 Å². The smallest absolute Gasteiger partial charge is 0.240 e. The van der Waals surface area contributed by atoms with Gasteiger partial charge in [-0.25, -0.2) is 13.1 Å². The third-order valence-electron chi connectivity index (χ3n) is 3.42. The van der Waals surface area contributed by atoms with Crippen molar-refractivity contribution in [1.82, 2.24) is 19.3 Å². The Kier molecular flexibility index (Phi) is 3.98. The average molecular weight is 336 g/mol. The highest BCUT2D eigenvalue weighted by molar-refractivity contribution is 7.89. The first-order valence-electron chi connectivity index (χ1n) is 6.80. The highest BCUT2D eigenvalue weighted by Crippen LogP contribution is 2.17. The van der Waals surface area contributed by atoms with E-state index >= 15 is 0 Å². The van der Waals surface area contributed by atoms with Crippen LogP contribution in [0.5, 0.6) is 0 Å². The van der Waals surface area contributed by atoms with Crippen LogP contribution in [0.15, 0.2) is 34.8 Å². The van der Waals surface area contributed by atoms with Gasteiger partial charge in [0.1, 0.15) is 6.33 Å². The van der Waals surface area contributed by atoms with Gasteiger partial charge in [-0.05, 0) is 25.5 Å². The number of rotatable bonds is 5. The first-order valence-corrected chi connectivity index (χ1v) is 9.17. The fourth-order valence-electron chi connectivity index (χ4n) is 2.35. The van der Waals surface area contributed by atoms with E-state index < -0.39 is 10.0 Å². The van der Waals surface area contributed by atoms with Crippen molar-refractivity contribution >= 4 is 26.3 Å². The molecular formula is C14H16N4O2S2. The molecule has 0 bridgehead atoms. The Balaban J connectivity index is 1.71. The molecule has 0 aliphatic rings. The van der Waals surface area contributed by atoms with E-state index in [1.54, 1.807) is 25.4 Å². The molecule has 0 unspecified atom stereocenters. The number of hydrogen-bond acceptors (Lipinski definition) is 5. The molecule has 0 radical (unpaired) electrons. The highest BCUT2D eigenvalue weighted by atomic mass is 32.2. The van der Waals surface area contributed by atoms with E-state index in [0.717, 1.165) is 21.8 Å². The number of thiazole rings is 1. The van der Waals surface area contributed by atoms with Crippen molar-refractivity contribution in [2.75, 3.05) is 6.54 Å². The third-order valence-corrected chi connectivity index (χ3v) is 5.92. The van der Waals surface area contributed by atoms with Crippen LogP contribution in [0.4, 0.5) is 0 Å². The van der Waals surface area contributed by atoms with Gasteiger partial charge >= 0.3 is 0 Å². The van der Waals surface area contributed by atoms with Crippen molar-refractivity contribution in [2.24, 2.45) is 0 Å². The summed E-state index contributed by atoms with van der Waals surface area (Å²) in [5.74, 6) is 0. The second kappa shape index (κ2) is 5.79. The topological polar surface area (TPSA) is 76.4 Å². The predicted octanol–water partition coefficient (Wildman–Crippen LogP) is 1.93. The minimum atomic E-state index is -3.49. The Morgan fingerprint density at radius 3 is 2.91 bits per heavy atom. The standard InChI is InChI=1S/C14H16N4O2S2/c1-10-3-4-13(11(2)7-10)22(19,20)16-6-5-12-8-21-14-17-15-9-18(12)14/h3-4,7-9,16H,5-6H2,1-2H3. The Hall–Kier alpha value is -1.77. The molecule has 6 nitrogen and oxygen atoms in total. The maximum absolute atomic E-state index is 12.4. The number of nitrogens with one attached hydrogen (secondary N) is 1. The summed E-state index contributed by atoms with van der Waals surface area (Å²) in [6.07, 6.45) is 2.22. The van der Waals surface area contributed by atoms with E-state index in [1.807, 2.05) is 22.8 Å². The number of nitrogens with zero attached hydrogens (tertiary/aromatic N) is 3. The minimum Gasteiger partial charge on any atom is -0.276 e. The summed E-state index contributed by atoms with van der Waals surface area (Å²) >= 11 is 1.49. The lowest BCUT2D eigenvalue weighted by Crippen LogP contribution is -2.26. The molecule has 3 aromatic rings. The Morgan fingerprint density at radius 1 is 1.32 bits per heavy atom. The molecule has 0 fully saturated rings. The van der Waals surface area contributed by atoms with Gasteiger partial charge in [0.05, 0.1) is 4.90 Å². The molecular weight excluding hydrogens is 320 g/mol. The lowest BCUT2D eigenvalue weighted by atomic mass is 10.2. The van der Waals surface area contributed by atoms with Gasteiger partial charge in [0, 0.05) is 24.0 Å². The van der Waals surface area contributed by atoms with Crippen LogP contribution in [0.25, 0.3) is 4.96 Å². The lowest BCUT2D eigenvalue weighted by molar-refractivity contribution is 0.580. The summed E-state index contributed by atoms with van der Waals surface area (Å²) in [5.41, 5.74) is 2.79. The molecule has 2 heterocycles. The van der Waals surface area contributed by atoms with Crippen LogP contribution in [0.1, 0.15) is 16.8 Å². The largest absolute Gasteiger partial charge is 0.276 e. The second-order valence-corrected chi connectivity index (χ2v) is 7.70. The highest BCUT2D eigenvalue weighted by Gasteiger charge is 2.16. The van der Waals surface area contributed by atoms with Gasteiger partial charge < -0.3 is 0 Å². The zero-order valence-corrected chi connectivity index (χ0v) is 13.9. The van der Waals surface area contributed by atoms with Crippen molar-refractivity contribution in [3.63, 3.8) is 0 Å². The van der Waals surface area contributed by atoms with Crippen molar-refractivity contribution in [1.29, 1.82) is 0 Å². The average Bonchev–Trinajstić information content (AvgIpc) is 3.02. The molecule has 0 spiro atoms. The summed E-state index contributed by atoms with van der Waals surface area (Å²) in [6.45, 7) is 4.08. The number of fused-ring (bicyclic) bond motifs is 1. The molecule has 2 aromatic heterocycles. The van der Waals surface area contributed by atoms with Crippen molar-refractivity contribution in [3.8, 4) is 0 Å². The molecule has 0 saturated carbocycles. The van der Waals surface area contributed by atoms with Gasteiger partial charge in [0.25, 0.3) is 0 Å². The molecule has 0 atom stereocenters. The van der Waals surface area contributed by atoms with Gasteiger partial charge in [-0.2, -0.15) is 0 Å². The molecule has 1 N–H and O–H groups in total. The van der Waals surface area contributed by atoms with E-state index in [9.17, 15) is 8.42 Å². The molecule has 3 rings (SSSR count). The zero-order valence-electron chi connectivity index (χ0n) is 12.3. The summed E-state index contributed by atoms with van der Waals surface area (Å²) in [4.78, 5) is 1.14. The first-order chi connectivity index (χ1) is 10.5.